The fourth-order valence-corrected chi connectivity index (χ4v) is 8.00. The van der Waals surface area contributed by atoms with Crippen molar-refractivity contribution < 1.29 is 38.5 Å². The van der Waals surface area contributed by atoms with Crippen molar-refractivity contribution in [1.82, 2.24) is 4.90 Å². The third-order valence-electron chi connectivity index (χ3n) is 10.7. The molecule has 260 valence electrons. The van der Waals surface area contributed by atoms with Gasteiger partial charge in [-0.1, -0.05) is 58.9 Å². The number of cyclic esters (lactones) is 1. The molecule has 4 heterocycles. The van der Waals surface area contributed by atoms with Gasteiger partial charge < -0.3 is 33.8 Å². The lowest BCUT2D eigenvalue weighted by Gasteiger charge is -2.61. The number of nitrogens with zero attached hydrogens (tertiary/aromatic N) is 2. The van der Waals surface area contributed by atoms with Crippen molar-refractivity contribution >= 4 is 12.1 Å². The molecule has 0 aliphatic carbocycles. The van der Waals surface area contributed by atoms with Gasteiger partial charge in [0.15, 0.2) is 6.10 Å². The molecule has 0 aromatic carbocycles. The fraction of sp³-hybridized carbons (Fsp3) is 0.784. The lowest BCUT2D eigenvalue weighted by atomic mass is 9.72. The van der Waals surface area contributed by atoms with Crippen LogP contribution in [0.2, 0.25) is 0 Å². The Morgan fingerprint density at radius 1 is 1.22 bits per heavy atom. The summed E-state index contributed by atoms with van der Waals surface area (Å²) in [6, 6.07) is 0. The van der Waals surface area contributed by atoms with Crippen LogP contribution >= 0.6 is 0 Å². The standard InChI is InChI=1S/C37H61N2O7/c1-10-29(40)28(6)34-30(44-34)18-24(2)12-11-13-26(4)33-27(5)14-15-31(36(7,43)17-16-25(3)19-32(41)46-33)45-35(42)38-20-37(21-38)22-39(8,9)23-37/h11-15,24-25,27-31,33-34,40,43H,10,16-23H2,1-9H3/q+1/b12-11+,15-14+,26-13+/t24-,25-,27+,28-,29+,30-,31+,33-,34-,36-/m1/s1. The number of carbonyl (C=O) groups is 2. The number of aliphatic hydroxyl groups excluding tert-OH is 1. The maximum absolute atomic E-state index is 13.2. The van der Waals surface area contributed by atoms with Gasteiger partial charge in [-0.05, 0) is 63.0 Å². The Morgan fingerprint density at radius 3 is 2.52 bits per heavy atom. The molecule has 0 aromatic heterocycles. The van der Waals surface area contributed by atoms with Crippen LogP contribution in [0.5, 0.6) is 0 Å². The first-order valence-corrected chi connectivity index (χ1v) is 17.5. The van der Waals surface area contributed by atoms with Crippen molar-refractivity contribution in [3.63, 3.8) is 0 Å². The van der Waals surface area contributed by atoms with Crippen LogP contribution in [0.15, 0.2) is 36.0 Å². The van der Waals surface area contributed by atoms with Crippen LogP contribution in [-0.4, -0.2) is 108 Å². The molecule has 3 saturated heterocycles. The molecular formula is C37H61N2O7+. The number of epoxide rings is 1. The number of hydrogen-bond donors (Lipinski definition) is 2. The zero-order valence-corrected chi connectivity index (χ0v) is 29.8. The van der Waals surface area contributed by atoms with E-state index in [1.165, 1.54) is 0 Å². The quantitative estimate of drug-likeness (QED) is 0.116. The van der Waals surface area contributed by atoms with Gasteiger partial charge in [-0.15, -0.1) is 0 Å². The Bertz CT molecular complexity index is 1160. The van der Waals surface area contributed by atoms with Crippen molar-refractivity contribution in [2.75, 3.05) is 40.3 Å². The molecule has 3 fully saturated rings. The smallest absolute Gasteiger partial charge is 0.410 e. The second kappa shape index (κ2) is 14.5. The monoisotopic (exact) mass is 645 g/mol. The van der Waals surface area contributed by atoms with Gasteiger partial charge >= 0.3 is 12.1 Å². The van der Waals surface area contributed by atoms with Crippen LogP contribution in [0.4, 0.5) is 4.79 Å². The van der Waals surface area contributed by atoms with E-state index >= 15 is 0 Å². The lowest BCUT2D eigenvalue weighted by molar-refractivity contribution is -0.952. The van der Waals surface area contributed by atoms with Crippen molar-refractivity contribution in [2.24, 2.45) is 29.1 Å². The molecule has 2 N–H and O–H groups in total. The minimum atomic E-state index is -1.28. The van der Waals surface area contributed by atoms with Crippen LogP contribution in [0, 0.1) is 29.1 Å². The number of amides is 1. The third-order valence-corrected chi connectivity index (χ3v) is 10.7. The lowest BCUT2D eigenvalue weighted by Crippen LogP contribution is -2.77. The zero-order chi connectivity index (χ0) is 34.0. The summed E-state index contributed by atoms with van der Waals surface area (Å²) in [5, 5.41) is 21.7. The normalized spacial score (nSPS) is 37.2. The summed E-state index contributed by atoms with van der Waals surface area (Å²) in [5.74, 6) is -0.0427. The molecule has 46 heavy (non-hydrogen) atoms. The van der Waals surface area contributed by atoms with E-state index in [1.807, 2.05) is 45.9 Å². The number of esters is 1. The summed E-state index contributed by atoms with van der Waals surface area (Å²) in [5.41, 5.74) is -0.168. The Kier molecular flexibility index (Phi) is 11.6. The summed E-state index contributed by atoms with van der Waals surface area (Å²) >= 11 is 0. The first-order chi connectivity index (χ1) is 21.4. The van der Waals surface area contributed by atoms with Gasteiger partial charge in [0.25, 0.3) is 0 Å². The van der Waals surface area contributed by atoms with Crippen LogP contribution in [0.1, 0.15) is 80.6 Å². The molecule has 10 atom stereocenters. The van der Waals surface area contributed by atoms with Gasteiger partial charge in [-0.25, -0.2) is 4.79 Å². The summed E-state index contributed by atoms with van der Waals surface area (Å²) in [7, 11) is 4.42. The number of hydrogen-bond acceptors (Lipinski definition) is 7. The molecule has 1 amide bonds. The number of aliphatic hydroxyl groups is 2. The molecule has 4 aliphatic heterocycles. The highest BCUT2D eigenvalue weighted by Crippen LogP contribution is 2.43. The molecule has 0 aromatic rings. The number of carbonyl (C=O) groups excluding carboxylic acids is 2. The average Bonchev–Trinajstić information content (AvgIpc) is 3.71. The predicted molar refractivity (Wildman–Crippen MR) is 179 cm³/mol. The summed E-state index contributed by atoms with van der Waals surface area (Å²) in [4.78, 5) is 27.9. The van der Waals surface area contributed by atoms with Crippen LogP contribution < -0.4 is 0 Å². The Morgan fingerprint density at radius 2 is 1.89 bits per heavy atom. The van der Waals surface area contributed by atoms with E-state index in [1.54, 1.807) is 17.9 Å². The topological polar surface area (TPSA) is 109 Å². The molecule has 4 aliphatic rings. The van der Waals surface area contributed by atoms with Crippen molar-refractivity contribution in [2.45, 2.75) is 117 Å². The maximum atomic E-state index is 13.2. The molecule has 0 radical (unpaired) electrons. The highest BCUT2D eigenvalue weighted by atomic mass is 16.6. The van der Waals surface area contributed by atoms with Gasteiger partial charge in [0.2, 0.25) is 0 Å². The number of likely N-dealkylation sites (tertiary alicyclic amines) is 2. The third kappa shape index (κ3) is 9.24. The first kappa shape index (κ1) is 36.6. The first-order valence-electron chi connectivity index (χ1n) is 17.5. The average molecular weight is 646 g/mol. The number of quaternary nitrogens is 1. The minimum Gasteiger partial charge on any atom is -0.457 e. The van der Waals surface area contributed by atoms with Crippen molar-refractivity contribution in [1.29, 1.82) is 0 Å². The molecule has 0 bridgehead atoms. The SMILES string of the molecule is CC[C@H](O)[C@@H](C)[C@H]1O[C@@H]1C[C@H](C)/C=C/C=C(\C)[C@H]1OC(=O)C[C@H](C)CC[C@@](C)(O)[C@@H](OC(=O)N2CC3(C2)C[N+](C)(C)C3)/C=C/[C@@H]1C. The van der Waals surface area contributed by atoms with E-state index in [2.05, 4.69) is 34.0 Å². The second-order valence-electron chi connectivity index (χ2n) is 16.3. The highest BCUT2D eigenvalue weighted by molar-refractivity contribution is 5.70. The molecular weight excluding hydrogens is 584 g/mol. The zero-order valence-electron chi connectivity index (χ0n) is 29.8. The molecule has 0 saturated carbocycles. The molecule has 9 nitrogen and oxygen atoms in total. The van der Waals surface area contributed by atoms with E-state index in [0.717, 1.165) is 36.0 Å². The van der Waals surface area contributed by atoms with Crippen LogP contribution in [0.3, 0.4) is 0 Å². The van der Waals surface area contributed by atoms with E-state index in [4.69, 9.17) is 14.2 Å². The Labute approximate surface area is 277 Å². The second-order valence-corrected chi connectivity index (χ2v) is 16.3. The van der Waals surface area contributed by atoms with Crippen LogP contribution in [0.25, 0.3) is 0 Å². The largest absolute Gasteiger partial charge is 0.457 e. The minimum absolute atomic E-state index is 0.00434. The number of ether oxygens (including phenoxy) is 3. The molecule has 0 unspecified atom stereocenters. The number of allylic oxidation sites excluding steroid dienone is 3. The maximum Gasteiger partial charge on any atom is 0.410 e. The van der Waals surface area contributed by atoms with Gasteiger partial charge in [0.1, 0.15) is 17.1 Å². The number of rotatable bonds is 9. The van der Waals surface area contributed by atoms with Gasteiger partial charge in [-0.3, -0.25) is 4.79 Å². The van der Waals surface area contributed by atoms with Gasteiger partial charge in [0, 0.05) is 31.3 Å². The van der Waals surface area contributed by atoms with Crippen molar-refractivity contribution in [3.05, 3.63) is 36.0 Å². The van der Waals surface area contributed by atoms with E-state index in [9.17, 15) is 19.8 Å². The summed E-state index contributed by atoms with van der Waals surface area (Å²) in [6.07, 6.45) is 10.9. The van der Waals surface area contributed by atoms with Crippen LogP contribution in [-0.2, 0) is 19.0 Å². The van der Waals surface area contributed by atoms with Crippen molar-refractivity contribution in [3.8, 4) is 0 Å². The Hall–Kier alpha value is -2.20. The van der Waals surface area contributed by atoms with Gasteiger partial charge in [0.05, 0.1) is 45.5 Å². The molecule has 4 rings (SSSR count). The van der Waals surface area contributed by atoms with E-state index in [0.29, 0.717) is 25.9 Å². The summed E-state index contributed by atoms with van der Waals surface area (Å²) < 4.78 is 18.9. The highest BCUT2D eigenvalue weighted by Gasteiger charge is 2.60. The van der Waals surface area contributed by atoms with Gasteiger partial charge in [-0.2, -0.15) is 0 Å². The van der Waals surface area contributed by atoms with E-state index < -0.39 is 17.8 Å². The fourth-order valence-electron chi connectivity index (χ4n) is 8.00. The predicted octanol–water partition coefficient (Wildman–Crippen LogP) is 5.26. The molecule has 9 heteroatoms. The molecule has 1 spiro atoms. The van der Waals surface area contributed by atoms with E-state index in [-0.39, 0.29) is 65.9 Å². The Balaban J connectivity index is 1.41. The summed E-state index contributed by atoms with van der Waals surface area (Å²) in [6.45, 7) is 17.4.